The number of halogens is 1. The van der Waals surface area contributed by atoms with Crippen molar-refractivity contribution in [2.45, 2.75) is 13.0 Å². The van der Waals surface area contributed by atoms with E-state index in [-0.39, 0.29) is 6.04 Å². The van der Waals surface area contributed by atoms with Gasteiger partial charge in [0.05, 0.1) is 6.54 Å². The van der Waals surface area contributed by atoms with E-state index in [9.17, 15) is 0 Å². The molecule has 1 rings (SSSR count). The Morgan fingerprint density at radius 1 is 1.62 bits per heavy atom. The Labute approximate surface area is 84.1 Å². The van der Waals surface area contributed by atoms with Crippen LogP contribution in [-0.2, 0) is 0 Å². The molecule has 68 valence electrons. The largest absolute Gasteiger partial charge is 0.300 e. The molecule has 1 nitrogen and oxygen atoms in total. The molecular weight excluding hydrogens is 182 g/mol. The minimum absolute atomic E-state index is 0.245. The molecular formula is C11H12ClN. The van der Waals surface area contributed by atoms with Gasteiger partial charge in [0.15, 0.2) is 0 Å². The van der Waals surface area contributed by atoms with Gasteiger partial charge < -0.3 is 0 Å². The van der Waals surface area contributed by atoms with Crippen molar-refractivity contribution < 1.29 is 0 Å². The topological polar surface area (TPSA) is 12.0 Å². The van der Waals surface area contributed by atoms with Gasteiger partial charge in [-0.1, -0.05) is 29.7 Å². The van der Waals surface area contributed by atoms with Crippen molar-refractivity contribution in [2.24, 2.45) is 0 Å². The van der Waals surface area contributed by atoms with Crippen LogP contribution < -0.4 is 5.32 Å². The summed E-state index contributed by atoms with van der Waals surface area (Å²) in [5, 5.41) is 3.94. The van der Waals surface area contributed by atoms with Crippen LogP contribution in [0.3, 0.4) is 0 Å². The smallest absolute Gasteiger partial charge is 0.0578 e. The van der Waals surface area contributed by atoms with Crippen LogP contribution in [0.2, 0.25) is 5.02 Å². The number of terminal acetylenes is 1. The Morgan fingerprint density at radius 3 is 3.00 bits per heavy atom. The van der Waals surface area contributed by atoms with Crippen molar-refractivity contribution >= 4 is 11.6 Å². The highest BCUT2D eigenvalue weighted by atomic mass is 35.5. The maximum atomic E-state index is 5.85. The Hall–Kier alpha value is -0.970. The molecule has 0 saturated carbocycles. The third-order valence-corrected chi connectivity index (χ3v) is 2.09. The molecule has 1 aromatic carbocycles. The first-order valence-corrected chi connectivity index (χ1v) is 4.54. The highest BCUT2D eigenvalue weighted by Gasteiger charge is 2.02. The second kappa shape index (κ2) is 4.91. The standard InChI is InChI=1S/C11H12ClN/c1-3-7-13-9(2)10-5-4-6-11(12)8-10/h1,4-6,8-9,13H,7H2,2H3/t9-/m1/s1. The lowest BCUT2D eigenvalue weighted by Crippen LogP contribution is -2.18. The van der Waals surface area contributed by atoms with Gasteiger partial charge in [-0.05, 0) is 24.6 Å². The van der Waals surface area contributed by atoms with Gasteiger partial charge in [0.25, 0.3) is 0 Å². The molecule has 0 heterocycles. The minimum Gasteiger partial charge on any atom is -0.300 e. The fourth-order valence-electron chi connectivity index (χ4n) is 1.11. The molecule has 0 amide bonds. The summed E-state index contributed by atoms with van der Waals surface area (Å²) in [5.41, 5.74) is 1.16. The zero-order chi connectivity index (χ0) is 9.68. The average Bonchev–Trinajstić information content (AvgIpc) is 2.14. The molecule has 0 bridgehead atoms. The van der Waals surface area contributed by atoms with Gasteiger partial charge in [-0.15, -0.1) is 6.42 Å². The van der Waals surface area contributed by atoms with Crippen LogP contribution in [0.15, 0.2) is 24.3 Å². The number of hydrogen-bond acceptors (Lipinski definition) is 1. The van der Waals surface area contributed by atoms with Crippen LogP contribution in [0.1, 0.15) is 18.5 Å². The fraction of sp³-hybridized carbons (Fsp3) is 0.273. The van der Waals surface area contributed by atoms with Crippen LogP contribution in [0.4, 0.5) is 0 Å². The highest BCUT2D eigenvalue weighted by molar-refractivity contribution is 6.30. The summed E-state index contributed by atoms with van der Waals surface area (Å²) in [6, 6.07) is 8.01. The predicted molar refractivity (Wildman–Crippen MR) is 56.7 cm³/mol. The summed E-state index contributed by atoms with van der Waals surface area (Å²) in [4.78, 5) is 0. The Morgan fingerprint density at radius 2 is 2.38 bits per heavy atom. The van der Waals surface area contributed by atoms with Crippen molar-refractivity contribution in [3.8, 4) is 12.3 Å². The number of rotatable bonds is 3. The van der Waals surface area contributed by atoms with Crippen LogP contribution in [0.25, 0.3) is 0 Å². The van der Waals surface area contributed by atoms with E-state index in [1.54, 1.807) is 0 Å². The van der Waals surface area contributed by atoms with E-state index in [0.717, 1.165) is 10.6 Å². The van der Waals surface area contributed by atoms with E-state index < -0.39 is 0 Å². The zero-order valence-electron chi connectivity index (χ0n) is 7.55. The first-order valence-electron chi connectivity index (χ1n) is 4.16. The molecule has 0 aromatic heterocycles. The molecule has 1 N–H and O–H groups in total. The van der Waals surface area contributed by atoms with E-state index in [0.29, 0.717) is 6.54 Å². The van der Waals surface area contributed by atoms with Gasteiger partial charge >= 0.3 is 0 Å². The molecule has 1 atom stereocenters. The summed E-state index contributed by atoms with van der Waals surface area (Å²) in [6.07, 6.45) is 5.15. The molecule has 0 saturated heterocycles. The van der Waals surface area contributed by atoms with E-state index in [2.05, 4.69) is 18.2 Å². The maximum Gasteiger partial charge on any atom is 0.0578 e. The molecule has 0 spiro atoms. The Balaban J connectivity index is 2.66. The van der Waals surface area contributed by atoms with Crippen molar-refractivity contribution in [3.05, 3.63) is 34.9 Å². The van der Waals surface area contributed by atoms with Gasteiger partial charge in [0.2, 0.25) is 0 Å². The van der Waals surface area contributed by atoms with Gasteiger partial charge in [-0.3, -0.25) is 5.32 Å². The molecule has 0 aliphatic heterocycles. The molecule has 0 unspecified atom stereocenters. The first-order chi connectivity index (χ1) is 6.24. The summed E-state index contributed by atoms with van der Waals surface area (Å²) in [7, 11) is 0. The third-order valence-electron chi connectivity index (χ3n) is 1.86. The van der Waals surface area contributed by atoms with Crippen LogP contribution in [0.5, 0.6) is 0 Å². The highest BCUT2D eigenvalue weighted by Crippen LogP contribution is 2.16. The van der Waals surface area contributed by atoms with Crippen molar-refractivity contribution in [2.75, 3.05) is 6.54 Å². The maximum absolute atomic E-state index is 5.85. The van der Waals surface area contributed by atoms with E-state index >= 15 is 0 Å². The van der Waals surface area contributed by atoms with Gasteiger partial charge in [0.1, 0.15) is 0 Å². The number of hydrogen-bond donors (Lipinski definition) is 1. The second-order valence-electron chi connectivity index (χ2n) is 2.86. The van der Waals surface area contributed by atoms with Gasteiger partial charge in [0, 0.05) is 11.1 Å². The van der Waals surface area contributed by atoms with Crippen molar-refractivity contribution in [1.82, 2.24) is 5.32 Å². The minimum atomic E-state index is 0.245. The Bertz CT molecular complexity index is 314. The van der Waals surface area contributed by atoms with E-state index in [4.69, 9.17) is 18.0 Å². The number of nitrogens with one attached hydrogen (secondary N) is 1. The first kappa shape index (κ1) is 10.1. The van der Waals surface area contributed by atoms with E-state index in [1.807, 2.05) is 24.3 Å². The lowest BCUT2D eigenvalue weighted by Gasteiger charge is -2.11. The van der Waals surface area contributed by atoms with Crippen LogP contribution in [0, 0.1) is 12.3 Å². The number of benzene rings is 1. The molecule has 13 heavy (non-hydrogen) atoms. The SMILES string of the molecule is C#CCN[C@H](C)c1cccc(Cl)c1. The second-order valence-corrected chi connectivity index (χ2v) is 3.30. The van der Waals surface area contributed by atoms with E-state index in [1.165, 1.54) is 0 Å². The fourth-order valence-corrected chi connectivity index (χ4v) is 1.30. The molecule has 0 radical (unpaired) electrons. The van der Waals surface area contributed by atoms with Crippen molar-refractivity contribution in [3.63, 3.8) is 0 Å². The zero-order valence-corrected chi connectivity index (χ0v) is 8.31. The molecule has 2 heteroatoms. The molecule has 0 aliphatic rings. The molecule has 0 aliphatic carbocycles. The van der Waals surface area contributed by atoms with Crippen LogP contribution >= 0.6 is 11.6 Å². The quantitative estimate of drug-likeness (QED) is 0.728. The predicted octanol–water partition coefficient (Wildman–Crippen LogP) is 2.62. The summed E-state index contributed by atoms with van der Waals surface area (Å²) in [6.45, 7) is 2.64. The van der Waals surface area contributed by atoms with Crippen molar-refractivity contribution in [1.29, 1.82) is 0 Å². The Kier molecular flexibility index (Phi) is 3.82. The lowest BCUT2D eigenvalue weighted by atomic mass is 10.1. The lowest BCUT2D eigenvalue weighted by molar-refractivity contribution is 0.623. The summed E-state index contributed by atoms with van der Waals surface area (Å²) in [5.74, 6) is 2.54. The summed E-state index contributed by atoms with van der Waals surface area (Å²) >= 11 is 5.85. The monoisotopic (exact) mass is 193 g/mol. The molecule has 1 aromatic rings. The van der Waals surface area contributed by atoms with Crippen LogP contribution in [-0.4, -0.2) is 6.54 Å². The third kappa shape index (κ3) is 3.10. The normalized spacial score (nSPS) is 12.1. The summed E-state index contributed by atoms with van der Waals surface area (Å²) < 4.78 is 0. The molecule has 0 fully saturated rings. The average molecular weight is 194 g/mol. The van der Waals surface area contributed by atoms with Gasteiger partial charge in [-0.25, -0.2) is 0 Å². The van der Waals surface area contributed by atoms with Gasteiger partial charge in [-0.2, -0.15) is 0 Å².